The molecule has 17 heavy (non-hydrogen) atoms. The van der Waals surface area contributed by atoms with Gasteiger partial charge in [-0.1, -0.05) is 0 Å². The number of hydrogen-bond acceptors (Lipinski definition) is 5. The van der Waals surface area contributed by atoms with Gasteiger partial charge in [0.25, 0.3) is 0 Å². The van der Waals surface area contributed by atoms with E-state index in [-0.39, 0.29) is 5.97 Å². The molecule has 5 heteroatoms. The minimum absolute atomic E-state index is 0.339. The average molecular weight is 255 g/mol. The molecule has 0 fully saturated rings. The molecule has 0 atom stereocenters. The molecule has 0 unspecified atom stereocenters. The summed E-state index contributed by atoms with van der Waals surface area (Å²) in [7, 11) is 0. The number of fused-ring (bicyclic) bond motifs is 1. The van der Waals surface area contributed by atoms with Gasteiger partial charge in [-0.05, 0) is 20.8 Å². The van der Waals surface area contributed by atoms with E-state index in [0.29, 0.717) is 23.8 Å². The first-order valence-corrected chi connectivity index (χ1v) is 6.41. The van der Waals surface area contributed by atoms with Crippen molar-refractivity contribution in [2.45, 2.75) is 39.4 Å². The minimum Gasteiger partial charge on any atom is -0.456 e. The van der Waals surface area contributed by atoms with Crippen molar-refractivity contribution >= 4 is 23.0 Å². The Kier molecular flexibility index (Phi) is 3.14. The maximum atomic E-state index is 12.0. The van der Waals surface area contributed by atoms with Crippen LogP contribution >= 0.6 is 11.3 Å². The van der Waals surface area contributed by atoms with Crippen LogP contribution in [0.1, 0.15) is 40.9 Å². The normalized spacial score (nSPS) is 15.5. The lowest BCUT2D eigenvalue weighted by Gasteiger charge is -2.19. The van der Waals surface area contributed by atoms with Gasteiger partial charge in [-0.3, -0.25) is 0 Å². The van der Waals surface area contributed by atoms with Gasteiger partial charge in [-0.25, -0.2) is 4.79 Å². The van der Waals surface area contributed by atoms with Crippen molar-refractivity contribution in [3.05, 3.63) is 15.3 Å². The molecule has 0 saturated heterocycles. The van der Waals surface area contributed by atoms with E-state index >= 15 is 0 Å². The van der Waals surface area contributed by atoms with Crippen LogP contribution in [0.2, 0.25) is 0 Å². The molecule has 4 nitrogen and oxygen atoms in total. The van der Waals surface area contributed by atoms with Crippen molar-refractivity contribution in [3.63, 3.8) is 0 Å². The third kappa shape index (κ3) is 2.61. The van der Waals surface area contributed by atoms with Crippen molar-refractivity contribution in [2.75, 3.05) is 12.3 Å². The molecule has 1 aromatic heterocycles. The summed E-state index contributed by atoms with van der Waals surface area (Å²) in [6.45, 7) is 6.73. The fraction of sp³-hybridized carbons (Fsp3) is 0.583. The lowest BCUT2D eigenvalue weighted by molar-refractivity contribution is 0.00763. The smallest absolute Gasteiger partial charge is 0.350 e. The maximum absolute atomic E-state index is 12.0. The number of hydrogen-bond donors (Lipinski definition) is 1. The Balaban J connectivity index is 2.27. The molecular weight excluding hydrogens is 238 g/mol. The minimum atomic E-state index is -0.496. The van der Waals surface area contributed by atoms with Crippen LogP contribution < -0.4 is 5.73 Å². The van der Waals surface area contributed by atoms with Crippen LogP contribution in [0.4, 0.5) is 5.69 Å². The molecule has 0 radical (unpaired) electrons. The standard InChI is InChI=1S/C12H17NO3S/c1-12(2,3)16-11(14)10-9(13)7-6-15-5-4-8(7)17-10/h4-6,13H2,1-3H3. The van der Waals surface area contributed by atoms with Gasteiger partial charge in [0.05, 0.1) is 18.9 Å². The highest BCUT2D eigenvalue weighted by Crippen LogP contribution is 2.35. The highest BCUT2D eigenvalue weighted by molar-refractivity contribution is 7.14. The Labute approximate surface area is 105 Å². The fourth-order valence-corrected chi connectivity index (χ4v) is 2.78. The lowest BCUT2D eigenvalue weighted by Crippen LogP contribution is -2.23. The molecule has 0 aliphatic carbocycles. The number of rotatable bonds is 1. The first kappa shape index (κ1) is 12.4. The Morgan fingerprint density at radius 2 is 2.18 bits per heavy atom. The Morgan fingerprint density at radius 1 is 1.47 bits per heavy atom. The highest BCUT2D eigenvalue weighted by Gasteiger charge is 2.26. The molecule has 2 heterocycles. The van der Waals surface area contributed by atoms with E-state index in [9.17, 15) is 4.79 Å². The van der Waals surface area contributed by atoms with Crippen molar-refractivity contribution in [1.82, 2.24) is 0 Å². The van der Waals surface area contributed by atoms with Crippen molar-refractivity contribution in [1.29, 1.82) is 0 Å². The van der Waals surface area contributed by atoms with Crippen molar-refractivity contribution in [2.24, 2.45) is 0 Å². The van der Waals surface area contributed by atoms with Crippen LogP contribution in [0.15, 0.2) is 0 Å². The Hall–Kier alpha value is -1.07. The van der Waals surface area contributed by atoms with Crippen LogP contribution in [-0.2, 0) is 22.5 Å². The second-order valence-corrected chi connectivity index (χ2v) is 6.16. The predicted octanol–water partition coefficient (Wildman–Crippen LogP) is 2.36. The zero-order chi connectivity index (χ0) is 12.6. The molecule has 2 rings (SSSR count). The number of esters is 1. The summed E-state index contributed by atoms with van der Waals surface area (Å²) in [4.78, 5) is 13.6. The molecule has 0 aromatic carbocycles. The molecule has 0 amide bonds. The second kappa shape index (κ2) is 4.31. The molecule has 2 N–H and O–H groups in total. The third-order valence-electron chi connectivity index (χ3n) is 2.44. The van der Waals surface area contributed by atoms with Crippen molar-refractivity contribution < 1.29 is 14.3 Å². The van der Waals surface area contributed by atoms with Gasteiger partial charge in [0.1, 0.15) is 10.5 Å². The molecule has 0 bridgehead atoms. The first-order chi connectivity index (χ1) is 7.88. The number of nitrogen functional groups attached to an aromatic ring is 1. The zero-order valence-electron chi connectivity index (χ0n) is 10.3. The third-order valence-corrected chi connectivity index (χ3v) is 3.72. The molecule has 94 valence electrons. The van der Waals surface area contributed by atoms with Gasteiger partial charge in [0.2, 0.25) is 0 Å². The van der Waals surface area contributed by atoms with Gasteiger partial charge in [0.15, 0.2) is 0 Å². The van der Waals surface area contributed by atoms with Crippen LogP contribution in [0.25, 0.3) is 0 Å². The van der Waals surface area contributed by atoms with E-state index in [1.807, 2.05) is 20.8 Å². The Bertz CT molecular complexity index is 445. The van der Waals surface area contributed by atoms with Gasteiger partial charge in [-0.2, -0.15) is 0 Å². The zero-order valence-corrected chi connectivity index (χ0v) is 11.1. The largest absolute Gasteiger partial charge is 0.456 e. The van der Waals surface area contributed by atoms with E-state index in [2.05, 4.69) is 0 Å². The summed E-state index contributed by atoms with van der Waals surface area (Å²) in [6, 6.07) is 0. The van der Waals surface area contributed by atoms with Gasteiger partial charge in [0, 0.05) is 16.9 Å². The molecule has 0 saturated carbocycles. The van der Waals surface area contributed by atoms with E-state index in [0.717, 1.165) is 16.9 Å². The monoisotopic (exact) mass is 255 g/mol. The van der Waals surface area contributed by atoms with Gasteiger partial charge < -0.3 is 15.2 Å². The maximum Gasteiger partial charge on any atom is 0.350 e. The SMILES string of the molecule is CC(C)(C)OC(=O)c1sc2c(c1N)COCC2. The van der Waals surface area contributed by atoms with Crippen LogP contribution in [0, 0.1) is 0 Å². The molecule has 1 aromatic rings. The van der Waals surface area contributed by atoms with Crippen LogP contribution in [-0.4, -0.2) is 18.2 Å². The van der Waals surface area contributed by atoms with E-state index in [4.69, 9.17) is 15.2 Å². The molecule has 1 aliphatic rings. The predicted molar refractivity (Wildman–Crippen MR) is 67.3 cm³/mol. The number of carbonyl (C=O) groups is 1. The second-order valence-electron chi connectivity index (χ2n) is 5.05. The Morgan fingerprint density at radius 3 is 2.76 bits per heavy atom. The molecular formula is C12H17NO3S. The van der Waals surface area contributed by atoms with E-state index in [1.165, 1.54) is 11.3 Å². The summed E-state index contributed by atoms with van der Waals surface area (Å²) in [6.07, 6.45) is 0.826. The summed E-state index contributed by atoms with van der Waals surface area (Å²) >= 11 is 1.43. The number of carbonyl (C=O) groups excluding carboxylic acids is 1. The quantitative estimate of drug-likeness (QED) is 0.782. The fourth-order valence-electron chi connectivity index (χ4n) is 1.70. The lowest BCUT2D eigenvalue weighted by atomic mass is 10.1. The summed E-state index contributed by atoms with van der Waals surface area (Å²) < 4.78 is 10.7. The van der Waals surface area contributed by atoms with Crippen LogP contribution in [0.5, 0.6) is 0 Å². The van der Waals surface area contributed by atoms with E-state index in [1.54, 1.807) is 0 Å². The number of thiophene rings is 1. The first-order valence-electron chi connectivity index (χ1n) is 5.59. The molecule has 1 aliphatic heterocycles. The summed E-state index contributed by atoms with van der Waals surface area (Å²) in [5.74, 6) is -0.339. The van der Waals surface area contributed by atoms with Gasteiger partial charge >= 0.3 is 5.97 Å². The number of ether oxygens (including phenoxy) is 2. The average Bonchev–Trinajstić information content (AvgIpc) is 2.55. The number of anilines is 1. The van der Waals surface area contributed by atoms with Crippen LogP contribution in [0.3, 0.4) is 0 Å². The summed E-state index contributed by atoms with van der Waals surface area (Å²) in [5.41, 5.74) is 6.97. The topological polar surface area (TPSA) is 61.5 Å². The summed E-state index contributed by atoms with van der Waals surface area (Å²) in [5, 5.41) is 0. The molecule has 0 spiro atoms. The van der Waals surface area contributed by atoms with Crippen molar-refractivity contribution in [3.8, 4) is 0 Å². The number of nitrogens with two attached hydrogens (primary N) is 1. The van der Waals surface area contributed by atoms with E-state index < -0.39 is 5.60 Å². The highest BCUT2D eigenvalue weighted by atomic mass is 32.1. The van der Waals surface area contributed by atoms with Gasteiger partial charge in [-0.15, -0.1) is 11.3 Å².